The molecule has 0 aliphatic rings. The molecule has 1 aromatic heterocycles. The van der Waals surface area contributed by atoms with Crippen molar-refractivity contribution in [3.8, 4) is 6.07 Å². The van der Waals surface area contributed by atoms with Gasteiger partial charge in [-0.25, -0.2) is 4.98 Å². The molecule has 17 heavy (non-hydrogen) atoms. The Hall–Kier alpha value is -1.81. The molecule has 7 heteroatoms. The summed E-state index contributed by atoms with van der Waals surface area (Å²) in [6, 6.07) is 3.25. The molecule has 1 aromatic rings. The lowest BCUT2D eigenvalue weighted by Crippen LogP contribution is -2.14. The second kappa shape index (κ2) is 6.06. The van der Waals surface area contributed by atoms with Crippen LogP contribution in [0.4, 0.5) is 0 Å². The number of thioether (sulfide) groups is 1. The highest BCUT2D eigenvalue weighted by Crippen LogP contribution is 2.17. The Kier molecular flexibility index (Phi) is 4.72. The molecule has 0 saturated heterocycles. The maximum Gasteiger partial charge on any atom is 0.311 e. The zero-order valence-corrected chi connectivity index (χ0v) is 10.2. The Morgan fingerprint density at radius 1 is 1.76 bits per heavy atom. The topological polar surface area (TPSA) is 95.8 Å². The Labute approximate surface area is 102 Å². The van der Waals surface area contributed by atoms with Gasteiger partial charge in [-0.2, -0.15) is 5.26 Å². The second-order valence-corrected chi connectivity index (χ2v) is 4.51. The fourth-order valence-corrected chi connectivity index (χ4v) is 1.76. The number of aromatic amines is 1. The molecule has 6 nitrogen and oxygen atoms in total. The highest BCUT2D eigenvalue weighted by atomic mass is 32.2. The van der Waals surface area contributed by atoms with Gasteiger partial charge in [-0.1, -0.05) is 11.8 Å². The van der Waals surface area contributed by atoms with Gasteiger partial charge in [-0.15, -0.1) is 0 Å². The highest BCUT2D eigenvalue weighted by Gasteiger charge is 2.09. The number of rotatable bonds is 4. The number of nitriles is 1. The zero-order chi connectivity index (χ0) is 12.8. The molecular formula is C10H11N3O3S. The summed E-state index contributed by atoms with van der Waals surface area (Å²) < 4.78 is 4.49. The molecule has 0 radical (unpaired) electrons. The lowest BCUT2D eigenvalue weighted by Gasteiger charge is -2.04. The maximum atomic E-state index is 11.3. The van der Waals surface area contributed by atoms with E-state index in [0.29, 0.717) is 10.9 Å². The Balaban J connectivity index is 2.91. The summed E-state index contributed by atoms with van der Waals surface area (Å²) in [5.74, 6) is -0.465. The van der Waals surface area contributed by atoms with Gasteiger partial charge in [0.2, 0.25) is 0 Å². The number of esters is 1. The predicted molar refractivity (Wildman–Crippen MR) is 61.5 cm³/mol. The third-order valence-corrected chi connectivity index (χ3v) is 2.67. The molecule has 1 unspecified atom stereocenters. The fraction of sp³-hybridized carbons (Fsp3) is 0.400. The number of aromatic nitrogens is 2. The first-order chi connectivity index (χ1) is 8.05. The van der Waals surface area contributed by atoms with Crippen LogP contribution in [0, 0.1) is 11.3 Å². The molecule has 0 spiro atoms. The van der Waals surface area contributed by atoms with Gasteiger partial charge in [0.1, 0.15) is 0 Å². The van der Waals surface area contributed by atoms with Crippen molar-refractivity contribution in [1.82, 2.24) is 9.97 Å². The maximum absolute atomic E-state index is 11.3. The standard InChI is InChI=1S/C10H11N3O3S/c1-6(5-11)17-10-12-7(3-8(14)13-10)4-9(15)16-2/h3,6H,4H2,1-2H3,(H,12,13,14). The summed E-state index contributed by atoms with van der Waals surface area (Å²) in [5, 5.41) is 8.65. The molecule has 1 atom stereocenters. The molecule has 0 aromatic carbocycles. The number of carbonyl (C=O) groups is 1. The molecule has 0 saturated carbocycles. The van der Waals surface area contributed by atoms with Gasteiger partial charge in [-0.3, -0.25) is 9.59 Å². The number of nitrogens with one attached hydrogen (secondary N) is 1. The van der Waals surface area contributed by atoms with Gasteiger partial charge in [0, 0.05) is 6.07 Å². The van der Waals surface area contributed by atoms with Crippen LogP contribution in [-0.4, -0.2) is 28.3 Å². The van der Waals surface area contributed by atoms with Crippen molar-refractivity contribution in [2.75, 3.05) is 7.11 Å². The smallest absolute Gasteiger partial charge is 0.311 e. The number of methoxy groups -OCH3 is 1. The van der Waals surface area contributed by atoms with E-state index in [9.17, 15) is 9.59 Å². The van der Waals surface area contributed by atoms with Gasteiger partial charge in [-0.05, 0) is 6.92 Å². The van der Waals surface area contributed by atoms with Crippen LogP contribution < -0.4 is 5.56 Å². The molecule has 0 amide bonds. The van der Waals surface area contributed by atoms with Crippen LogP contribution in [0.25, 0.3) is 0 Å². The summed E-state index contributed by atoms with van der Waals surface area (Å²) in [5.41, 5.74) is -0.0280. The average Bonchev–Trinajstić information content (AvgIpc) is 2.27. The molecular weight excluding hydrogens is 242 g/mol. The van der Waals surface area contributed by atoms with Crippen molar-refractivity contribution < 1.29 is 9.53 Å². The fourth-order valence-electron chi connectivity index (χ4n) is 1.04. The predicted octanol–water partition coefficient (Wildman–Crippen LogP) is 0.490. The summed E-state index contributed by atoms with van der Waals surface area (Å²) in [7, 11) is 1.27. The third kappa shape index (κ3) is 4.28. The normalized spacial score (nSPS) is 11.6. The van der Waals surface area contributed by atoms with Crippen molar-refractivity contribution >= 4 is 17.7 Å². The first-order valence-corrected chi connectivity index (χ1v) is 5.66. The van der Waals surface area contributed by atoms with Gasteiger partial charge in [0.15, 0.2) is 5.16 Å². The number of hydrogen-bond acceptors (Lipinski definition) is 6. The first kappa shape index (κ1) is 13.3. The molecule has 90 valence electrons. The van der Waals surface area contributed by atoms with Gasteiger partial charge >= 0.3 is 5.97 Å². The van der Waals surface area contributed by atoms with Crippen LogP contribution in [0.15, 0.2) is 16.0 Å². The average molecular weight is 253 g/mol. The minimum atomic E-state index is -0.465. The number of nitrogens with zero attached hydrogens (tertiary/aromatic N) is 2. The van der Waals surface area contributed by atoms with Crippen molar-refractivity contribution in [2.45, 2.75) is 23.8 Å². The highest BCUT2D eigenvalue weighted by molar-refractivity contribution is 7.99. The minimum absolute atomic E-state index is 0.0606. The van der Waals surface area contributed by atoms with Gasteiger partial charge in [0.25, 0.3) is 5.56 Å². The quantitative estimate of drug-likeness (QED) is 0.476. The van der Waals surface area contributed by atoms with E-state index in [4.69, 9.17) is 5.26 Å². The second-order valence-electron chi connectivity index (χ2n) is 3.18. The lowest BCUT2D eigenvalue weighted by atomic mass is 10.3. The Morgan fingerprint density at radius 3 is 3.06 bits per heavy atom. The van der Waals surface area contributed by atoms with Crippen LogP contribution in [0.2, 0.25) is 0 Å². The van der Waals surface area contributed by atoms with E-state index in [0.717, 1.165) is 11.8 Å². The van der Waals surface area contributed by atoms with Crippen molar-refractivity contribution in [2.24, 2.45) is 0 Å². The monoisotopic (exact) mass is 253 g/mol. The van der Waals surface area contributed by atoms with Crippen molar-refractivity contribution in [3.63, 3.8) is 0 Å². The summed E-state index contributed by atoms with van der Waals surface area (Å²) >= 11 is 1.13. The van der Waals surface area contributed by atoms with E-state index in [-0.39, 0.29) is 17.2 Å². The molecule has 0 aliphatic heterocycles. The molecule has 1 heterocycles. The van der Waals surface area contributed by atoms with Crippen LogP contribution in [-0.2, 0) is 16.0 Å². The van der Waals surface area contributed by atoms with E-state index >= 15 is 0 Å². The SMILES string of the molecule is COC(=O)Cc1cc(=O)[nH]c(SC(C)C#N)n1. The van der Waals surface area contributed by atoms with Gasteiger partial charge in [0.05, 0.1) is 30.5 Å². The number of H-pyrrole nitrogens is 1. The third-order valence-electron chi connectivity index (χ3n) is 1.80. The lowest BCUT2D eigenvalue weighted by molar-refractivity contribution is -0.139. The van der Waals surface area contributed by atoms with E-state index in [1.807, 2.05) is 6.07 Å². The molecule has 1 rings (SSSR count). The van der Waals surface area contributed by atoms with Crippen LogP contribution in [0.5, 0.6) is 0 Å². The Bertz CT molecular complexity index is 506. The largest absolute Gasteiger partial charge is 0.469 e. The summed E-state index contributed by atoms with van der Waals surface area (Å²) in [4.78, 5) is 28.9. The first-order valence-electron chi connectivity index (χ1n) is 4.78. The Morgan fingerprint density at radius 2 is 2.47 bits per heavy atom. The van der Waals surface area contributed by atoms with Gasteiger partial charge < -0.3 is 9.72 Å². The minimum Gasteiger partial charge on any atom is -0.469 e. The van der Waals surface area contributed by atoms with E-state index in [1.165, 1.54) is 13.2 Å². The van der Waals surface area contributed by atoms with Crippen molar-refractivity contribution in [3.05, 3.63) is 22.1 Å². The molecule has 0 bridgehead atoms. The van der Waals surface area contributed by atoms with E-state index in [2.05, 4.69) is 14.7 Å². The molecule has 0 aliphatic carbocycles. The van der Waals surface area contributed by atoms with Crippen LogP contribution >= 0.6 is 11.8 Å². The van der Waals surface area contributed by atoms with Crippen LogP contribution in [0.1, 0.15) is 12.6 Å². The molecule has 1 N–H and O–H groups in total. The zero-order valence-electron chi connectivity index (χ0n) is 9.39. The molecule has 0 fully saturated rings. The van der Waals surface area contributed by atoms with E-state index < -0.39 is 5.97 Å². The van der Waals surface area contributed by atoms with Crippen molar-refractivity contribution in [1.29, 1.82) is 5.26 Å². The number of carbonyl (C=O) groups excluding carboxylic acids is 1. The number of hydrogen-bond donors (Lipinski definition) is 1. The van der Waals surface area contributed by atoms with Crippen LogP contribution in [0.3, 0.4) is 0 Å². The van der Waals surface area contributed by atoms with E-state index in [1.54, 1.807) is 6.92 Å². The summed E-state index contributed by atoms with van der Waals surface area (Å²) in [6.07, 6.45) is -0.0606. The summed E-state index contributed by atoms with van der Waals surface area (Å²) in [6.45, 7) is 1.69. The number of ether oxygens (including phenoxy) is 1.